The topological polar surface area (TPSA) is 59.8 Å². The summed E-state index contributed by atoms with van der Waals surface area (Å²) in [6.07, 6.45) is 1.64. The summed E-state index contributed by atoms with van der Waals surface area (Å²) in [6, 6.07) is 9.43. The van der Waals surface area contributed by atoms with Crippen molar-refractivity contribution in [1.29, 1.82) is 0 Å². The Morgan fingerprint density at radius 1 is 1.18 bits per heavy atom. The van der Waals surface area contributed by atoms with Gasteiger partial charge in [-0.05, 0) is 51.1 Å². The number of pyridine rings is 1. The van der Waals surface area contributed by atoms with Gasteiger partial charge in [-0.3, -0.25) is 4.79 Å². The molecule has 3 heterocycles. The summed E-state index contributed by atoms with van der Waals surface area (Å²) in [5, 5.41) is 7.24. The molecule has 0 saturated heterocycles. The molecule has 0 saturated carbocycles. The molecule has 3 rings (SSSR count). The Kier molecular flexibility index (Phi) is 3.77. The Hall–Kier alpha value is -2.47. The molecule has 22 heavy (non-hydrogen) atoms. The third kappa shape index (κ3) is 2.92. The number of carbonyl (C=O) groups excluding carboxylic acids is 1. The van der Waals surface area contributed by atoms with Crippen LogP contribution in [0.15, 0.2) is 36.5 Å². The first-order valence-electron chi connectivity index (χ1n) is 6.90. The predicted molar refractivity (Wildman–Crippen MR) is 87.8 cm³/mol. The second kappa shape index (κ2) is 5.73. The van der Waals surface area contributed by atoms with Gasteiger partial charge >= 0.3 is 0 Å². The van der Waals surface area contributed by atoms with Gasteiger partial charge < -0.3 is 5.32 Å². The first-order chi connectivity index (χ1) is 10.5. The number of hydrogen-bond acceptors (Lipinski definition) is 4. The zero-order chi connectivity index (χ0) is 15.7. The van der Waals surface area contributed by atoms with Crippen molar-refractivity contribution in [3.8, 4) is 5.82 Å². The van der Waals surface area contributed by atoms with Gasteiger partial charge in [0.1, 0.15) is 0 Å². The van der Waals surface area contributed by atoms with Crippen LogP contribution in [0, 0.1) is 20.8 Å². The molecule has 0 radical (unpaired) electrons. The van der Waals surface area contributed by atoms with Crippen LogP contribution in [0.4, 0.5) is 5.69 Å². The smallest absolute Gasteiger partial charge is 0.265 e. The van der Waals surface area contributed by atoms with Crippen molar-refractivity contribution in [3.05, 3.63) is 57.7 Å². The van der Waals surface area contributed by atoms with Crippen LogP contribution in [-0.2, 0) is 0 Å². The van der Waals surface area contributed by atoms with E-state index in [1.165, 1.54) is 11.3 Å². The van der Waals surface area contributed by atoms with Crippen molar-refractivity contribution in [2.75, 3.05) is 5.32 Å². The average molecular weight is 312 g/mol. The van der Waals surface area contributed by atoms with E-state index in [1.54, 1.807) is 10.9 Å². The van der Waals surface area contributed by atoms with E-state index in [9.17, 15) is 4.79 Å². The molecule has 112 valence electrons. The van der Waals surface area contributed by atoms with Gasteiger partial charge in [0.2, 0.25) is 0 Å². The lowest BCUT2D eigenvalue weighted by Crippen LogP contribution is -2.10. The molecule has 0 aromatic carbocycles. The molecule has 3 aromatic heterocycles. The van der Waals surface area contributed by atoms with E-state index in [0.717, 1.165) is 22.1 Å². The van der Waals surface area contributed by atoms with E-state index in [2.05, 4.69) is 15.4 Å². The fraction of sp³-hybridized carbons (Fsp3) is 0.188. The molecule has 6 heteroatoms. The lowest BCUT2D eigenvalue weighted by molar-refractivity contribution is 0.103. The molecule has 0 fully saturated rings. The van der Waals surface area contributed by atoms with E-state index >= 15 is 0 Å². The standard InChI is InChI=1S/C16H16N4OS/c1-10-8-11(2)20(19-10)15-7-5-13(9-17-15)18-16(21)14-6-4-12(3)22-14/h4-9H,1-3H3,(H,18,21). The van der Waals surface area contributed by atoms with E-state index < -0.39 is 0 Å². The highest BCUT2D eigenvalue weighted by molar-refractivity contribution is 7.14. The lowest BCUT2D eigenvalue weighted by Gasteiger charge is -2.06. The van der Waals surface area contributed by atoms with Gasteiger partial charge in [0.25, 0.3) is 5.91 Å². The molecule has 1 amide bonds. The zero-order valence-corrected chi connectivity index (χ0v) is 13.4. The number of nitrogens with zero attached hydrogens (tertiary/aromatic N) is 3. The number of amides is 1. The van der Waals surface area contributed by atoms with Crippen LogP contribution in [0.1, 0.15) is 25.9 Å². The van der Waals surface area contributed by atoms with Crippen LogP contribution in [0.5, 0.6) is 0 Å². The Labute approximate surface area is 132 Å². The highest BCUT2D eigenvalue weighted by Crippen LogP contribution is 2.18. The maximum atomic E-state index is 12.1. The molecule has 0 unspecified atom stereocenters. The van der Waals surface area contributed by atoms with Crippen LogP contribution < -0.4 is 5.32 Å². The highest BCUT2D eigenvalue weighted by atomic mass is 32.1. The second-order valence-corrected chi connectivity index (χ2v) is 6.40. The highest BCUT2D eigenvalue weighted by Gasteiger charge is 2.09. The molecule has 0 aliphatic rings. The summed E-state index contributed by atoms with van der Waals surface area (Å²) < 4.78 is 1.78. The fourth-order valence-electron chi connectivity index (χ4n) is 2.20. The summed E-state index contributed by atoms with van der Waals surface area (Å²) in [6.45, 7) is 5.91. The molecule has 1 N–H and O–H groups in total. The van der Waals surface area contributed by atoms with Crippen LogP contribution in [0.25, 0.3) is 5.82 Å². The zero-order valence-electron chi connectivity index (χ0n) is 12.6. The Morgan fingerprint density at radius 3 is 2.55 bits per heavy atom. The molecule has 0 atom stereocenters. The molecular weight excluding hydrogens is 296 g/mol. The first kappa shape index (κ1) is 14.5. The Morgan fingerprint density at radius 2 is 2.00 bits per heavy atom. The van der Waals surface area contributed by atoms with Gasteiger partial charge in [-0.2, -0.15) is 5.10 Å². The molecule has 3 aromatic rings. The number of anilines is 1. The van der Waals surface area contributed by atoms with Crippen LogP contribution in [0.2, 0.25) is 0 Å². The first-order valence-corrected chi connectivity index (χ1v) is 7.72. The van der Waals surface area contributed by atoms with E-state index in [1.807, 2.05) is 51.1 Å². The number of rotatable bonds is 3. The second-order valence-electron chi connectivity index (χ2n) is 5.11. The molecule has 0 spiro atoms. The number of nitrogens with one attached hydrogen (secondary N) is 1. The summed E-state index contributed by atoms with van der Waals surface area (Å²) in [5.74, 6) is 0.620. The normalized spacial score (nSPS) is 10.7. The van der Waals surface area contributed by atoms with Crippen LogP contribution in [-0.4, -0.2) is 20.7 Å². The third-order valence-corrected chi connectivity index (χ3v) is 4.20. The summed E-state index contributed by atoms with van der Waals surface area (Å²) in [4.78, 5) is 18.3. The van der Waals surface area contributed by atoms with Crippen LogP contribution in [0.3, 0.4) is 0 Å². The maximum absolute atomic E-state index is 12.1. The van der Waals surface area contributed by atoms with E-state index in [4.69, 9.17) is 0 Å². The Balaban J connectivity index is 1.77. The van der Waals surface area contributed by atoms with Gasteiger partial charge in [-0.15, -0.1) is 11.3 Å². The van der Waals surface area contributed by atoms with E-state index in [0.29, 0.717) is 10.6 Å². The molecule has 0 bridgehead atoms. The largest absolute Gasteiger partial charge is 0.320 e. The van der Waals surface area contributed by atoms with Gasteiger partial charge in [0.15, 0.2) is 5.82 Å². The quantitative estimate of drug-likeness (QED) is 0.805. The molecule has 5 nitrogen and oxygen atoms in total. The molecular formula is C16H16N4OS. The predicted octanol–water partition coefficient (Wildman–Crippen LogP) is 3.51. The van der Waals surface area contributed by atoms with Gasteiger partial charge in [-0.25, -0.2) is 9.67 Å². The van der Waals surface area contributed by atoms with Crippen molar-refractivity contribution >= 4 is 22.9 Å². The molecule has 0 aliphatic heterocycles. The van der Waals surface area contributed by atoms with Crippen molar-refractivity contribution in [2.24, 2.45) is 0 Å². The average Bonchev–Trinajstić information content (AvgIpc) is 3.05. The van der Waals surface area contributed by atoms with Crippen molar-refractivity contribution in [2.45, 2.75) is 20.8 Å². The van der Waals surface area contributed by atoms with Gasteiger partial charge in [0.05, 0.1) is 22.5 Å². The van der Waals surface area contributed by atoms with Gasteiger partial charge in [0, 0.05) is 10.6 Å². The summed E-state index contributed by atoms with van der Waals surface area (Å²) in [5.41, 5.74) is 2.64. The summed E-state index contributed by atoms with van der Waals surface area (Å²) in [7, 11) is 0. The minimum atomic E-state index is -0.112. The fourth-order valence-corrected chi connectivity index (χ4v) is 2.96. The maximum Gasteiger partial charge on any atom is 0.265 e. The Bertz CT molecular complexity index is 817. The molecule has 0 aliphatic carbocycles. The summed E-state index contributed by atoms with van der Waals surface area (Å²) >= 11 is 1.47. The van der Waals surface area contributed by atoms with Crippen LogP contribution >= 0.6 is 11.3 Å². The van der Waals surface area contributed by atoms with Crippen molar-refractivity contribution < 1.29 is 4.79 Å². The van der Waals surface area contributed by atoms with E-state index in [-0.39, 0.29) is 5.91 Å². The number of carbonyl (C=O) groups is 1. The lowest BCUT2D eigenvalue weighted by atomic mass is 10.3. The van der Waals surface area contributed by atoms with Crippen molar-refractivity contribution in [3.63, 3.8) is 0 Å². The monoisotopic (exact) mass is 312 g/mol. The minimum absolute atomic E-state index is 0.112. The van der Waals surface area contributed by atoms with Crippen molar-refractivity contribution in [1.82, 2.24) is 14.8 Å². The number of thiophene rings is 1. The number of aromatic nitrogens is 3. The van der Waals surface area contributed by atoms with Gasteiger partial charge in [-0.1, -0.05) is 0 Å². The third-order valence-electron chi connectivity index (χ3n) is 3.20. The number of aryl methyl sites for hydroxylation is 3. The minimum Gasteiger partial charge on any atom is -0.320 e. The SMILES string of the molecule is Cc1cc(C)n(-c2ccc(NC(=O)c3ccc(C)s3)cn2)n1. The number of hydrogen-bond donors (Lipinski definition) is 1.